The zero-order valence-corrected chi connectivity index (χ0v) is 10.8. The number of hydrogen-bond donors (Lipinski definition) is 1. The summed E-state index contributed by atoms with van der Waals surface area (Å²) in [7, 11) is 0. The molecule has 0 aliphatic carbocycles. The Morgan fingerprint density at radius 2 is 2.06 bits per heavy atom. The molecule has 0 atom stereocenters. The second kappa shape index (κ2) is 5.60. The summed E-state index contributed by atoms with van der Waals surface area (Å²) in [4.78, 5) is 15.7. The van der Waals surface area contributed by atoms with E-state index in [0.717, 1.165) is 17.0 Å². The van der Waals surface area contributed by atoms with Crippen LogP contribution in [0.3, 0.4) is 0 Å². The first-order valence-electron chi connectivity index (χ1n) is 5.67. The third-order valence-corrected chi connectivity index (χ3v) is 3.63. The van der Waals surface area contributed by atoms with Crippen molar-refractivity contribution in [3.05, 3.63) is 51.5 Å². The molecule has 0 amide bonds. The van der Waals surface area contributed by atoms with Gasteiger partial charge >= 0.3 is 5.97 Å². The number of nitrogens with zero attached hydrogens (tertiary/aromatic N) is 1. The van der Waals surface area contributed by atoms with Gasteiger partial charge in [0, 0.05) is 0 Å². The van der Waals surface area contributed by atoms with Gasteiger partial charge < -0.3 is 5.11 Å². The molecular formula is C14H13NO2S. The number of aromatic nitrogens is 1. The van der Waals surface area contributed by atoms with Crippen LogP contribution in [0.25, 0.3) is 12.2 Å². The van der Waals surface area contributed by atoms with E-state index >= 15 is 0 Å². The van der Waals surface area contributed by atoms with Crippen molar-refractivity contribution in [2.75, 3.05) is 0 Å². The fourth-order valence-corrected chi connectivity index (χ4v) is 2.36. The monoisotopic (exact) mass is 259 g/mol. The lowest BCUT2D eigenvalue weighted by atomic mass is 10.2. The van der Waals surface area contributed by atoms with E-state index < -0.39 is 5.97 Å². The van der Waals surface area contributed by atoms with Gasteiger partial charge in [0.2, 0.25) is 0 Å². The molecule has 2 rings (SSSR count). The van der Waals surface area contributed by atoms with Crippen molar-refractivity contribution in [1.29, 1.82) is 0 Å². The Morgan fingerprint density at radius 1 is 1.33 bits per heavy atom. The maximum absolute atomic E-state index is 11.1. The molecule has 0 radical (unpaired) electrons. The van der Waals surface area contributed by atoms with Gasteiger partial charge in [0.1, 0.15) is 4.88 Å². The van der Waals surface area contributed by atoms with E-state index in [2.05, 4.69) is 4.98 Å². The molecule has 18 heavy (non-hydrogen) atoms. The predicted molar refractivity (Wildman–Crippen MR) is 73.8 cm³/mol. The molecule has 1 heterocycles. The van der Waals surface area contributed by atoms with E-state index in [0.29, 0.717) is 10.6 Å². The average molecular weight is 259 g/mol. The Labute approximate surface area is 109 Å². The molecule has 0 spiro atoms. The van der Waals surface area contributed by atoms with Gasteiger partial charge in [0.05, 0.1) is 10.7 Å². The summed E-state index contributed by atoms with van der Waals surface area (Å²) in [6.45, 7) is 1.97. The highest BCUT2D eigenvalue weighted by atomic mass is 32.1. The van der Waals surface area contributed by atoms with Crippen molar-refractivity contribution >= 4 is 29.5 Å². The van der Waals surface area contributed by atoms with Crippen LogP contribution >= 0.6 is 11.3 Å². The molecule has 0 aliphatic heterocycles. The molecule has 0 saturated heterocycles. The van der Waals surface area contributed by atoms with Gasteiger partial charge in [-0.2, -0.15) is 0 Å². The number of benzene rings is 1. The summed E-state index contributed by atoms with van der Waals surface area (Å²) in [5, 5.41) is 9.96. The number of aryl methyl sites for hydroxylation is 1. The van der Waals surface area contributed by atoms with E-state index in [9.17, 15) is 4.79 Å². The first-order chi connectivity index (χ1) is 8.70. The maximum Gasteiger partial charge on any atom is 0.348 e. The predicted octanol–water partition coefficient (Wildman–Crippen LogP) is 3.57. The summed E-state index contributed by atoms with van der Waals surface area (Å²) in [6, 6.07) is 9.75. The van der Waals surface area contributed by atoms with Crippen molar-refractivity contribution < 1.29 is 9.90 Å². The lowest BCUT2D eigenvalue weighted by Gasteiger charge is -1.92. The van der Waals surface area contributed by atoms with Gasteiger partial charge in [-0.05, 0) is 18.1 Å². The van der Waals surface area contributed by atoms with Crippen LogP contribution in [0, 0.1) is 0 Å². The van der Waals surface area contributed by atoms with Crippen LogP contribution in [-0.2, 0) is 6.42 Å². The van der Waals surface area contributed by atoms with Gasteiger partial charge in [-0.1, -0.05) is 43.3 Å². The largest absolute Gasteiger partial charge is 0.477 e. The molecule has 0 aliphatic rings. The Kier molecular flexibility index (Phi) is 3.89. The molecule has 92 valence electrons. The van der Waals surface area contributed by atoms with E-state index in [1.54, 1.807) is 6.08 Å². The lowest BCUT2D eigenvalue weighted by Crippen LogP contribution is -1.94. The standard InChI is InChI=1S/C14H13NO2S/c1-2-12-15-11(13(18-12)14(16)17)9-8-10-6-4-3-5-7-10/h3-9H,2H2,1H3,(H,16,17)/b9-8+. The fourth-order valence-electron chi connectivity index (χ4n) is 1.53. The van der Waals surface area contributed by atoms with Crippen molar-refractivity contribution in [2.24, 2.45) is 0 Å². The minimum absolute atomic E-state index is 0.305. The number of aromatic carboxylic acids is 1. The van der Waals surface area contributed by atoms with Crippen molar-refractivity contribution in [3.63, 3.8) is 0 Å². The van der Waals surface area contributed by atoms with Crippen LogP contribution in [0.1, 0.15) is 32.9 Å². The third-order valence-electron chi connectivity index (χ3n) is 2.43. The third kappa shape index (κ3) is 2.84. The fraction of sp³-hybridized carbons (Fsp3) is 0.143. The van der Waals surface area contributed by atoms with Crippen molar-refractivity contribution in [1.82, 2.24) is 4.98 Å². The Balaban J connectivity index is 2.31. The Morgan fingerprint density at radius 3 is 2.67 bits per heavy atom. The molecule has 2 aromatic rings. The number of thiazole rings is 1. The van der Waals surface area contributed by atoms with Crippen LogP contribution in [0.2, 0.25) is 0 Å². The summed E-state index contributed by atoms with van der Waals surface area (Å²) in [5.74, 6) is -0.917. The molecule has 1 aromatic carbocycles. The zero-order chi connectivity index (χ0) is 13.0. The number of hydrogen-bond acceptors (Lipinski definition) is 3. The highest BCUT2D eigenvalue weighted by Gasteiger charge is 2.14. The van der Waals surface area contributed by atoms with Gasteiger partial charge in [-0.15, -0.1) is 11.3 Å². The van der Waals surface area contributed by atoms with E-state index in [1.807, 2.05) is 43.3 Å². The number of carboxylic acid groups (broad SMARTS) is 1. The minimum Gasteiger partial charge on any atom is -0.477 e. The molecular weight excluding hydrogens is 246 g/mol. The molecule has 0 unspecified atom stereocenters. The molecule has 0 fully saturated rings. The van der Waals surface area contributed by atoms with Crippen LogP contribution in [-0.4, -0.2) is 16.1 Å². The van der Waals surface area contributed by atoms with E-state index in [-0.39, 0.29) is 0 Å². The molecule has 4 heteroatoms. The summed E-state index contributed by atoms with van der Waals surface area (Å²) < 4.78 is 0. The number of carbonyl (C=O) groups is 1. The minimum atomic E-state index is -0.917. The first-order valence-corrected chi connectivity index (χ1v) is 6.48. The summed E-state index contributed by atoms with van der Waals surface area (Å²) in [5.41, 5.74) is 1.56. The SMILES string of the molecule is CCc1nc(/C=C/c2ccccc2)c(C(=O)O)s1. The quantitative estimate of drug-likeness (QED) is 0.913. The van der Waals surface area contributed by atoms with Crippen LogP contribution in [0.4, 0.5) is 0 Å². The average Bonchev–Trinajstić information content (AvgIpc) is 2.81. The van der Waals surface area contributed by atoms with Crippen LogP contribution in [0.5, 0.6) is 0 Å². The molecule has 1 aromatic heterocycles. The number of carboxylic acids is 1. The van der Waals surface area contributed by atoms with Gasteiger partial charge in [-0.3, -0.25) is 0 Å². The normalized spacial score (nSPS) is 10.9. The highest BCUT2D eigenvalue weighted by molar-refractivity contribution is 7.13. The van der Waals surface area contributed by atoms with E-state index in [4.69, 9.17) is 5.11 Å². The number of rotatable bonds is 4. The van der Waals surface area contributed by atoms with Crippen molar-refractivity contribution in [2.45, 2.75) is 13.3 Å². The highest BCUT2D eigenvalue weighted by Crippen LogP contribution is 2.21. The van der Waals surface area contributed by atoms with Crippen LogP contribution < -0.4 is 0 Å². The Bertz CT molecular complexity index is 573. The van der Waals surface area contributed by atoms with Crippen LogP contribution in [0.15, 0.2) is 30.3 Å². The van der Waals surface area contributed by atoms with Gasteiger partial charge in [0.25, 0.3) is 0 Å². The molecule has 0 bridgehead atoms. The second-order valence-corrected chi connectivity index (χ2v) is 4.81. The second-order valence-electron chi connectivity index (χ2n) is 3.72. The zero-order valence-electron chi connectivity index (χ0n) is 9.96. The molecule has 1 N–H and O–H groups in total. The lowest BCUT2D eigenvalue weighted by molar-refractivity contribution is 0.0701. The maximum atomic E-state index is 11.1. The first kappa shape index (κ1) is 12.5. The smallest absolute Gasteiger partial charge is 0.348 e. The van der Waals surface area contributed by atoms with Gasteiger partial charge in [0.15, 0.2) is 0 Å². The summed E-state index contributed by atoms with van der Waals surface area (Å²) >= 11 is 1.24. The Hall–Kier alpha value is -1.94. The van der Waals surface area contributed by atoms with Crippen molar-refractivity contribution in [3.8, 4) is 0 Å². The van der Waals surface area contributed by atoms with Gasteiger partial charge in [-0.25, -0.2) is 9.78 Å². The summed E-state index contributed by atoms with van der Waals surface area (Å²) in [6.07, 6.45) is 4.39. The molecule has 3 nitrogen and oxygen atoms in total. The topological polar surface area (TPSA) is 50.2 Å². The van der Waals surface area contributed by atoms with E-state index in [1.165, 1.54) is 11.3 Å². The molecule has 0 saturated carbocycles.